The number of hydrogen-bond donors (Lipinski definition) is 0. The van der Waals surface area contributed by atoms with Gasteiger partial charge in [-0.3, -0.25) is 9.88 Å². The Hall–Kier alpha value is -2.31. The van der Waals surface area contributed by atoms with E-state index in [4.69, 9.17) is 9.37 Å². The summed E-state index contributed by atoms with van der Waals surface area (Å²) in [6.45, 7) is 3.57. The average molecular weight is 324 g/mol. The minimum atomic E-state index is 0.325. The maximum atomic E-state index is 6.02. The largest absolute Gasteiger partial charge is 0.373 e. The van der Waals surface area contributed by atoms with Crippen LogP contribution in [0.2, 0.25) is 0 Å². The summed E-state index contributed by atoms with van der Waals surface area (Å²) in [5.74, 6) is 0. The monoisotopic (exact) mass is 324 g/mol. The van der Waals surface area contributed by atoms with Gasteiger partial charge >= 0.3 is 0 Å². The lowest BCUT2D eigenvalue weighted by Crippen LogP contribution is -2.36. The van der Waals surface area contributed by atoms with Gasteiger partial charge in [-0.15, -0.1) is 0 Å². The van der Waals surface area contributed by atoms with Crippen LogP contribution >= 0.6 is 0 Å². The van der Waals surface area contributed by atoms with E-state index in [0.717, 1.165) is 49.1 Å². The van der Waals surface area contributed by atoms with E-state index < -0.39 is 0 Å². The third-order valence-corrected chi connectivity index (χ3v) is 4.51. The van der Waals surface area contributed by atoms with Crippen LogP contribution in [0, 0.1) is 0 Å². The molecule has 1 saturated heterocycles. The van der Waals surface area contributed by atoms with Crippen LogP contribution in [0.15, 0.2) is 47.4 Å². The Morgan fingerprint density at radius 3 is 2.88 bits per heavy atom. The highest BCUT2D eigenvalue weighted by Crippen LogP contribution is 2.21. The number of ether oxygens (including phenoxy) is 1. The van der Waals surface area contributed by atoms with Crippen molar-refractivity contribution in [1.82, 2.24) is 20.2 Å². The number of fused-ring (bicyclic) bond motifs is 1. The maximum Gasteiger partial charge on any atom is 0.139 e. The summed E-state index contributed by atoms with van der Waals surface area (Å²) in [5.41, 5.74) is 3.99. The molecule has 0 bridgehead atoms. The molecule has 124 valence electrons. The van der Waals surface area contributed by atoms with Crippen LogP contribution in [-0.4, -0.2) is 39.4 Å². The van der Waals surface area contributed by atoms with E-state index in [1.54, 1.807) is 6.20 Å². The van der Waals surface area contributed by atoms with E-state index in [9.17, 15) is 0 Å². The lowest BCUT2D eigenvalue weighted by molar-refractivity contribution is -0.00398. The molecule has 0 spiro atoms. The van der Waals surface area contributed by atoms with Crippen molar-refractivity contribution in [3.63, 3.8) is 0 Å². The molecule has 3 aromatic rings. The molecule has 24 heavy (non-hydrogen) atoms. The summed E-state index contributed by atoms with van der Waals surface area (Å²) in [7, 11) is 0. The highest BCUT2D eigenvalue weighted by atomic mass is 16.6. The molecule has 0 amide bonds. The minimum absolute atomic E-state index is 0.325. The Labute approximate surface area is 140 Å². The van der Waals surface area contributed by atoms with Crippen molar-refractivity contribution in [3.05, 3.63) is 53.9 Å². The second-order valence-corrected chi connectivity index (χ2v) is 6.20. The van der Waals surface area contributed by atoms with Gasteiger partial charge in [-0.2, -0.15) is 0 Å². The van der Waals surface area contributed by atoms with E-state index >= 15 is 0 Å². The van der Waals surface area contributed by atoms with Gasteiger partial charge < -0.3 is 4.74 Å². The molecule has 4 rings (SSSR count). The Bertz CT molecular complexity index is 782. The molecular formula is C18H20N4O2. The fraction of sp³-hybridized carbons (Fsp3) is 0.389. The molecule has 0 N–H and O–H groups in total. The van der Waals surface area contributed by atoms with Crippen LogP contribution in [0.4, 0.5) is 0 Å². The zero-order valence-corrected chi connectivity index (χ0v) is 13.5. The normalized spacial score (nSPS) is 16.7. The van der Waals surface area contributed by atoms with Gasteiger partial charge in [-0.05, 0) is 46.4 Å². The molecule has 6 nitrogen and oxygen atoms in total. The molecule has 3 heterocycles. The zero-order chi connectivity index (χ0) is 16.2. The second-order valence-electron chi connectivity index (χ2n) is 6.20. The minimum Gasteiger partial charge on any atom is -0.373 e. The van der Waals surface area contributed by atoms with Crippen LogP contribution in [0.25, 0.3) is 11.0 Å². The zero-order valence-electron chi connectivity index (χ0n) is 13.5. The van der Waals surface area contributed by atoms with Gasteiger partial charge in [0.15, 0.2) is 0 Å². The van der Waals surface area contributed by atoms with Gasteiger partial charge in [-0.1, -0.05) is 18.2 Å². The molecule has 0 atom stereocenters. The van der Waals surface area contributed by atoms with E-state index in [2.05, 4.69) is 32.3 Å². The van der Waals surface area contributed by atoms with Crippen LogP contribution in [-0.2, 0) is 17.9 Å². The van der Waals surface area contributed by atoms with Crippen molar-refractivity contribution >= 4 is 11.0 Å². The van der Waals surface area contributed by atoms with Gasteiger partial charge in [0, 0.05) is 32.0 Å². The number of nitrogens with zero attached hydrogens (tertiary/aromatic N) is 4. The fourth-order valence-electron chi connectivity index (χ4n) is 3.16. The summed E-state index contributed by atoms with van der Waals surface area (Å²) < 4.78 is 10.9. The van der Waals surface area contributed by atoms with Crippen LogP contribution < -0.4 is 0 Å². The first-order chi connectivity index (χ1) is 11.9. The molecule has 1 aromatic carbocycles. The molecule has 0 aliphatic carbocycles. The maximum absolute atomic E-state index is 6.02. The van der Waals surface area contributed by atoms with E-state index in [1.807, 2.05) is 24.4 Å². The molecular weight excluding hydrogens is 304 g/mol. The van der Waals surface area contributed by atoms with Crippen LogP contribution in [0.3, 0.4) is 0 Å². The molecule has 2 aromatic heterocycles. The van der Waals surface area contributed by atoms with Crippen molar-refractivity contribution < 1.29 is 9.37 Å². The SMILES string of the molecule is c1cncc(COC2CCN(Cc3cccc4nonc34)CC2)c1. The smallest absolute Gasteiger partial charge is 0.139 e. The van der Waals surface area contributed by atoms with Crippen LogP contribution in [0.5, 0.6) is 0 Å². The number of likely N-dealkylation sites (tertiary alicyclic amines) is 1. The molecule has 1 fully saturated rings. The van der Waals surface area contributed by atoms with E-state index in [0.29, 0.717) is 12.7 Å². The topological polar surface area (TPSA) is 64.3 Å². The van der Waals surface area contributed by atoms with Crippen LogP contribution in [0.1, 0.15) is 24.0 Å². The number of piperidine rings is 1. The first-order valence-electron chi connectivity index (χ1n) is 8.31. The molecule has 6 heteroatoms. The van der Waals surface area contributed by atoms with Crippen molar-refractivity contribution in [3.8, 4) is 0 Å². The molecule has 1 aliphatic heterocycles. The predicted molar refractivity (Wildman–Crippen MR) is 89.1 cm³/mol. The van der Waals surface area contributed by atoms with Crippen molar-refractivity contribution in [1.29, 1.82) is 0 Å². The number of hydrogen-bond acceptors (Lipinski definition) is 6. The number of rotatable bonds is 5. The predicted octanol–water partition coefficient (Wildman–Crippen LogP) is 2.80. The molecule has 1 aliphatic rings. The van der Waals surface area contributed by atoms with Crippen molar-refractivity contribution in [2.45, 2.75) is 32.1 Å². The Morgan fingerprint density at radius 1 is 1.12 bits per heavy atom. The standard InChI is InChI=1S/C18H20N4O2/c1-4-15(18-17(5-1)20-24-21-18)12-22-9-6-16(7-10-22)23-13-14-3-2-8-19-11-14/h1-5,8,11,16H,6-7,9-10,12-13H2. The Morgan fingerprint density at radius 2 is 2.04 bits per heavy atom. The molecule has 0 saturated carbocycles. The third kappa shape index (κ3) is 3.44. The Kier molecular flexibility index (Phi) is 4.49. The fourth-order valence-corrected chi connectivity index (χ4v) is 3.16. The molecule has 0 unspecified atom stereocenters. The Balaban J connectivity index is 1.29. The summed E-state index contributed by atoms with van der Waals surface area (Å²) in [6, 6.07) is 10.0. The quantitative estimate of drug-likeness (QED) is 0.719. The first kappa shape index (κ1) is 15.2. The van der Waals surface area contributed by atoms with Gasteiger partial charge in [0.2, 0.25) is 0 Å². The van der Waals surface area contributed by atoms with E-state index in [1.165, 1.54) is 5.56 Å². The third-order valence-electron chi connectivity index (χ3n) is 4.51. The summed E-state index contributed by atoms with van der Waals surface area (Å²) in [4.78, 5) is 6.56. The highest BCUT2D eigenvalue weighted by Gasteiger charge is 2.20. The van der Waals surface area contributed by atoms with Gasteiger partial charge in [0.1, 0.15) is 11.0 Å². The van der Waals surface area contributed by atoms with Crippen molar-refractivity contribution in [2.24, 2.45) is 0 Å². The summed E-state index contributed by atoms with van der Waals surface area (Å²) in [5, 5.41) is 7.93. The number of benzene rings is 1. The summed E-state index contributed by atoms with van der Waals surface area (Å²) >= 11 is 0. The number of aromatic nitrogens is 3. The molecule has 0 radical (unpaired) electrons. The van der Waals surface area contributed by atoms with Gasteiger partial charge in [-0.25, -0.2) is 4.63 Å². The van der Waals surface area contributed by atoms with Gasteiger partial charge in [0.25, 0.3) is 0 Å². The van der Waals surface area contributed by atoms with Gasteiger partial charge in [0.05, 0.1) is 12.7 Å². The van der Waals surface area contributed by atoms with E-state index in [-0.39, 0.29) is 0 Å². The first-order valence-corrected chi connectivity index (χ1v) is 8.31. The lowest BCUT2D eigenvalue weighted by Gasteiger charge is -2.31. The van der Waals surface area contributed by atoms with Crippen molar-refractivity contribution in [2.75, 3.05) is 13.1 Å². The summed E-state index contributed by atoms with van der Waals surface area (Å²) in [6.07, 6.45) is 6.07. The highest BCUT2D eigenvalue weighted by molar-refractivity contribution is 5.76. The second kappa shape index (κ2) is 7.07. The average Bonchev–Trinajstić information content (AvgIpc) is 3.12. The number of pyridine rings is 1. The lowest BCUT2D eigenvalue weighted by atomic mass is 10.1.